The smallest absolute Gasteiger partial charge is 0.372 e. The molecule has 2 aromatic rings. The Labute approximate surface area is 173 Å². The Balaban J connectivity index is 1.55. The van der Waals surface area contributed by atoms with Crippen LogP contribution in [0.4, 0.5) is 18.9 Å². The number of alkyl halides is 3. The van der Waals surface area contributed by atoms with Gasteiger partial charge in [-0.3, -0.25) is 9.59 Å². The van der Waals surface area contributed by atoms with Crippen LogP contribution in [0, 0.1) is 0 Å². The quantitative estimate of drug-likeness (QED) is 0.769. The number of carbonyl (C=O) groups is 1. The summed E-state index contributed by atoms with van der Waals surface area (Å²) < 4.78 is 39.1. The monoisotopic (exact) mass is 421 g/mol. The van der Waals surface area contributed by atoms with E-state index in [0.29, 0.717) is 18.3 Å². The summed E-state index contributed by atoms with van der Waals surface area (Å²) in [4.78, 5) is 26.2. The van der Waals surface area contributed by atoms with Crippen molar-refractivity contribution in [2.24, 2.45) is 0 Å². The van der Waals surface area contributed by atoms with Gasteiger partial charge in [-0.05, 0) is 36.6 Å². The fourth-order valence-electron chi connectivity index (χ4n) is 3.76. The van der Waals surface area contributed by atoms with E-state index in [1.54, 1.807) is 0 Å². The van der Waals surface area contributed by atoms with Crippen LogP contribution in [0.5, 0.6) is 0 Å². The van der Waals surface area contributed by atoms with Crippen molar-refractivity contribution < 1.29 is 18.0 Å². The maximum absolute atomic E-state index is 12.8. The Morgan fingerprint density at radius 3 is 2.40 bits per heavy atom. The summed E-state index contributed by atoms with van der Waals surface area (Å²) in [6.45, 7) is -0.231. The third-order valence-corrected chi connectivity index (χ3v) is 5.58. The minimum atomic E-state index is -4.57. The molecule has 0 saturated heterocycles. The van der Waals surface area contributed by atoms with E-state index in [1.165, 1.54) is 32.1 Å². The lowest BCUT2D eigenvalue weighted by Crippen LogP contribution is -2.33. The molecule has 1 aliphatic rings. The molecule has 162 valence electrons. The summed E-state index contributed by atoms with van der Waals surface area (Å²) in [6.07, 6.45) is 2.31. The summed E-state index contributed by atoms with van der Waals surface area (Å²) in [5.41, 5.74) is 0.369. The molecule has 1 amide bonds. The van der Waals surface area contributed by atoms with E-state index in [2.05, 4.69) is 17.3 Å². The van der Waals surface area contributed by atoms with Crippen LogP contribution in [0.3, 0.4) is 0 Å². The van der Waals surface area contributed by atoms with E-state index in [-0.39, 0.29) is 6.54 Å². The lowest BCUT2D eigenvalue weighted by atomic mass is 9.94. The molecule has 0 aliphatic heterocycles. The zero-order valence-corrected chi connectivity index (χ0v) is 16.9. The van der Waals surface area contributed by atoms with Crippen LogP contribution in [-0.4, -0.2) is 23.6 Å². The average molecular weight is 421 g/mol. The summed E-state index contributed by atoms with van der Waals surface area (Å²) in [5, 5.41) is 2.65. The predicted octanol–water partition coefficient (Wildman–Crippen LogP) is 3.95. The van der Waals surface area contributed by atoms with Crippen LogP contribution < -0.4 is 15.8 Å². The van der Waals surface area contributed by atoms with Gasteiger partial charge in [-0.1, -0.05) is 31.4 Å². The molecule has 0 radical (unpaired) electrons. The number of pyridine rings is 1. The third-order valence-electron chi connectivity index (χ3n) is 5.58. The van der Waals surface area contributed by atoms with Crippen LogP contribution in [-0.2, 0) is 24.1 Å². The molecule has 30 heavy (non-hydrogen) atoms. The zero-order valence-electron chi connectivity index (χ0n) is 16.9. The standard InChI is InChI=1S/C22H26F3N3O2/c1-27(18-5-3-2-4-6-18)19-10-7-16(8-11-19)13-26-20(29)15-28-14-17(22(23,24)25)9-12-21(28)30/h7-12,14,18H,2-6,13,15H2,1H3,(H,26,29). The van der Waals surface area contributed by atoms with Gasteiger partial charge in [0.15, 0.2) is 0 Å². The number of hydrogen-bond donors (Lipinski definition) is 1. The Morgan fingerprint density at radius 1 is 1.10 bits per heavy atom. The summed E-state index contributed by atoms with van der Waals surface area (Å²) in [5.74, 6) is -0.528. The van der Waals surface area contributed by atoms with E-state index in [0.717, 1.165) is 21.9 Å². The molecule has 1 N–H and O–H groups in total. The SMILES string of the molecule is CN(c1ccc(CNC(=O)Cn2cc(C(F)(F)F)ccc2=O)cc1)C1CCCCC1. The second-order valence-corrected chi connectivity index (χ2v) is 7.73. The molecule has 0 spiro atoms. The maximum atomic E-state index is 12.8. The Hall–Kier alpha value is -2.77. The highest BCUT2D eigenvalue weighted by molar-refractivity contribution is 5.75. The maximum Gasteiger partial charge on any atom is 0.417 e. The van der Waals surface area contributed by atoms with E-state index in [4.69, 9.17) is 0 Å². The highest BCUT2D eigenvalue weighted by atomic mass is 19.4. The largest absolute Gasteiger partial charge is 0.417 e. The molecule has 1 aromatic carbocycles. The molecule has 1 aliphatic carbocycles. The first-order valence-corrected chi connectivity index (χ1v) is 10.1. The van der Waals surface area contributed by atoms with Crippen molar-refractivity contribution in [1.29, 1.82) is 0 Å². The Kier molecular flexibility index (Phi) is 6.84. The second kappa shape index (κ2) is 9.36. The lowest BCUT2D eigenvalue weighted by Gasteiger charge is -2.33. The number of rotatable bonds is 6. The van der Waals surface area contributed by atoms with Crippen molar-refractivity contribution >= 4 is 11.6 Å². The summed E-state index contributed by atoms with van der Waals surface area (Å²) in [6, 6.07) is 9.94. The van der Waals surface area contributed by atoms with Crippen molar-refractivity contribution in [2.45, 2.75) is 57.4 Å². The van der Waals surface area contributed by atoms with Gasteiger partial charge in [-0.15, -0.1) is 0 Å². The molecular formula is C22H26F3N3O2. The van der Waals surface area contributed by atoms with Crippen molar-refractivity contribution in [1.82, 2.24) is 9.88 Å². The highest BCUT2D eigenvalue weighted by Crippen LogP contribution is 2.28. The van der Waals surface area contributed by atoms with Gasteiger partial charge >= 0.3 is 6.18 Å². The number of anilines is 1. The van der Waals surface area contributed by atoms with Gasteiger partial charge in [0.25, 0.3) is 5.56 Å². The van der Waals surface area contributed by atoms with Gasteiger partial charge in [0, 0.05) is 37.6 Å². The lowest BCUT2D eigenvalue weighted by molar-refractivity contribution is -0.138. The van der Waals surface area contributed by atoms with E-state index in [9.17, 15) is 22.8 Å². The van der Waals surface area contributed by atoms with Crippen LogP contribution >= 0.6 is 0 Å². The average Bonchev–Trinajstić information content (AvgIpc) is 2.73. The first-order valence-electron chi connectivity index (χ1n) is 10.1. The van der Waals surface area contributed by atoms with Gasteiger partial charge in [-0.2, -0.15) is 13.2 Å². The predicted molar refractivity (Wildman–Crippen MR) is 109 cm³/mol. The normalized spacial score (nSPS) is 15.1. The van der Waals surface area contributed by atoms with E-state index < -0.39 is 29.8 Å². The molecule has 0 unspecified atom stereocenters. The molecule has 0 atom stereocenters. The number of halogens is 3. The fraction of sp³-hybridized carbons (Fsp3) is 0.455. The molecule has 3 rings (SSSR count). The molecule has 1 fully saturated rings. The van der Waals surface area contributed by atoms with Crippen LogP contribution in [0.25, 0.3) is 0 Å². The Morgan fingerprint density at radius 2 is 1.77 bits per heavy atom. The summed E-state index contributed by atoms with van der Waals surface area (Å²) in [7, 11) is 2.10. The number of benzene rings is 1. The highest BCUT2D eigenvalue weighted by Gasteiger charge is 2.31. The minimum Gasteiger partial charge on any atom is -0.372 e. The minimum absolute atomic E-state index is 0.236. The summed E-state index contributed by atoms with van der Waals surface area (Å²) >= 11 is 0. The van der Waals surface area contributed by atoms with Crippen molar-refractivity contribution in [3.05, 3.63) is 64.1 Å². The van der Waals surface area contributed by atoms with Gasteiger partial charge in [0.05, 0.1) is 5.56 Å². The van der Waals surface area contributed by atoms with Gasteiger partial charge in [0.1, 0.15) is 6.54 Å². The van der Waals surface area contributed by atoms with Crippen LogP contribution in [0.2, 0.25) is 0 Å². The number of amides is 1. The van der Waals surface area contributed by atoms with E-state index >= 15 is 0 Å². The molecule has 0 bridgehead atoms. The topological polar surface area (TPSA) is 54.3 Å². The van der Waals surface area contributed by atoms with Gasteiger partial charge in [0.2, 0.25) is 5.91 Å². The van der Waals surface area contributed by atoms with Gasteiger partial charge in [-0.25, -0.2) is 0 Å². The molecular weight excluding hydrogens is 395 g/mol. The molecule has 1 aromatic heterocycles. The van der Waals surface area contributed by atoms with Gasteiger partial charge < -0.3 is 14.8 Å². The Bertz CT molecular complexity index is 916. The number of hydrogen-bond acceptors (Lipinski definition) is 3. The second-order valence-electron chi connectivity index (χ2n) is 7.73. The number of nitrogens with zero attached hydrogens (tertiary/aromatic N) is 2. The van der Waals surface area contributed by atoms with E-state index in [1.807, 2.05) is 24.3 Å². The molecule has 1 saturated carbocycles. The number of nitrogens with one attached hydrogen (secondary N) is 1. The number of aromatic nitrogens is 1. The molecule has 5 nitrogen and oxygen atoms in total. The first-order chi connectivity index (χ1) is 14.2. The fourth-order valence-corrected chi connectivity index (χ4v) is 3.76. The van der Waals surface area contributed by atoms with Crippen LogP contribution in [0.15, 0.2) is 47.4 Å². The first kappa shape index (κ1) is 21.9. The van der Waals surface area contributed by atoms with Crippen molar-refractivity contribution in [2.75, 3.05) is 11.9 Å². The third kappa shape index (κ3) is 5.64. The zero-order chi connectivity index (χ0) is 21.7. The number of carbonyl (C=O) groups excluding carboxylic acids is 1. The molecule has 8 heteroatoms. The van der Waals surface area contributed by atoms with Crippen molar-refractivity contribution in [3.63, 3.8) is 0 Å². The van der Waals surface area contributed by atoms with Crippen molar-refractivity contribution in [3.8, 4) is 0 Å². The molecule has 1 heterocycles. The van der Waals surface area contributed by atoms with Crippen LogP contribution in [0.1, 0.15) is 43.2 Å².